The van der Waals surface area contributed by atoms with Crippen LogP contribution >= 0.6 is 39.1 Å². The molecular weight excluding hydrogens is 363 g/mol. The Morgan fingerprint density at radius 1 is 1.40 bits per heavy atom. The summed E-state index contributed by atoms with van der Waals surface area (Å²) in [5.74, 6) is -0.349. The maximum atomic E-state index is 12.1. The molecule has 0 spiro atoms. The Labute approximate surface area is 137 Å². The number of halogens is 3. The molecule has 0 amide bonds. The number of carbonyl (C=O) groups is 1. The van der Waals surface area contributed by atoms with Gasteiger partial charge in [-0.2, -0.15) is 0 Å². The van der Waals surface area contributed by atoms with Crippen LogP contribution in [0.15, 0.2) is 39.3 Å². The molecule has 1 saturated carbocycles. The summed E-state index contributed by atoms with van der Waals surface area (Å²) in [7, 11) is 0. The summed E-state index contributed by atoms with van der Waals surface area (Å²) < 4.78 is 6.53. The first-order valence-corrected chi connectivity index (χ1v) is 7.82. The van der Waals surface area contributed by atoms with E-state index in [0.29, 0.717) is 0 Å². The van der Waals surface area contributed by atoms with Gasteiger partial charge in [-0.25, -0.2) is 0 Å². The summed E-state index contributed by atoms with van der Waals surface area (Å²) in [5.41, 5.74) is 0.793. The molecule has 0 radical (unpaired) electrons. The lowest BCUT2D eigenvalue weighted by molar-refractivity contribution is -0.147. The number of carbonyl (C=O) groups excluding carboxylic acids is 1. The lowest BCUT2D eigenvalue weighted by Crippen LogP contribution is -2.10. The molecule has 5 heteroatoms. The van der Waals surface area contributed by atoms with Gasteiger partial charge in [-0.3, -0.25) is 4.79 Å². The van der Waals surface area contributed by atoms with Crippen molar-refractivity contribution in [3.8, 4) is 0 Å². The van der Waals surface area contributed by atoms with Crippen molar-refractivity contribution >= 4 is 45.1 Å². The molecule has 0 aromatic heterocycles. The zero-order valence-electron chi connectivity index (χ0n) is 11.2. The van der Waals surface area contributed by atoms with Gasteiger partial charge < -0.3 is 4.74 Å². The van der Waals surface area contributed by atoms with E-state index >= 15 is 0 Å². The number of allylic oxidation sites excluding steroid dienone is 1. The third-order valence-corrected chi connectivity index (χ3v) is 4.82. The SMILES string of the molecule is CC1(C)[C@@H](C=C(Cl)Cl)[C@@H]1C(=O)OCc1ccccc1Br. The normalized spacial score (nSPS) is 23.1. The Balaban J connectivity index is 1.97. The molecular formula is C15H15BrCl2O2. The number of ether oxygens (including phenoxy) is 1. The van der Waals surface area contributed by atoms with E-state index in [1.807, 2.05) is 38.1 Å². The molecule has 108 valence electrons. The Morgan fingerprint density at radius 2 is 2.05 bits per heavy atom. The highest BCUT2D eigenvalue weighted by Crippen LogP contribution is 2.60. The number of hydrogen-bond acceptors (Lipinski definition) is 2. The van der Waals surface area contributed by atoms with Crippen LogP contribution in [0.4, 0.5) is 0 Å². The maximum absolute atomic E-state index is 12.1. The van der Waals surface area contributed by atoms with E-state index in [1.54, 1.807) is 6.08 Å². The molecule has 0 saturated heterocycles. The van der Waals surface area contributed by atoms with Crippen molar-refractivity contribution in [2.45, 2.75) is 20.5 Å². The summed E-state index contributed by atoms with van der Waals surface area (Å²) >= 11 is 14.8. The van der Waals surface area contributed by atoms with Gasteiger partial charge in [0.2, 0.25) is 0 Å². The molecule has 2 nitrogen and oxygen atoms in total. The number of hydrogen-bond donors (Lipinski definition) is 0. The van der Waals surface area contributed by atoms with E-state index in [-0.39, 0.29) is 34.3 Å². The molecule has 1 aliphatic carbocycles. The van der Waals surface area contributed by atoms with E-state index in [9.17, 15) is 4.79 Å². The lowest BCUT2D eigenvalue weighted by atomic mass is 10.1. The van der Waals surface area contributed by atoms with E-state index in [2.05, 4.69) is 15.9 Å². The standard InChI is InChI=1S/C15H15BrCl2O2/c1-15(2)10(7-12(17)18)13(15)14(19)20-8-9-5-3-4-6-11(9)16/h3-7,10,13H,8H2,1-2H3/t10-,13+/m0/s1. The van der Waals surface area contributed by atoms with Crippen LogP contribution in [0.2, 0.25) is 0 Å². The van der Waals surface area contributed by atoms with Crippen LogP contribution in [0.25, 0.3) is 0 Å². The van der Waals surface area contributed by atoms with Gasteiger partial charge in [0, 0.05) is 10.0 Å². The van der Waals surface area contributed by atoms with Gasteiger partial charge >= 0.3 is 5.97 Å². The predicted octanol–water partition coefficient (Wildman–Crippen LogP) is 5.08. The van der Waals surface area contributed by atoms with E-state index < -0.39 is 0 Å². The van der Waals surface area contributed by atoms with Crippen molar-refractivity contribution < 1.29 is 9.53 Å². The Hall–Kier alpha value is -0.510. The maximum Gasteiger partial charge on any atom is 0.310 e. The molecule has 0 N–H and O–H groups in total. The second kappa shape index (κ2) is 6.08. The average molecular weight is 378 g/mol. The molecule has 20 heavy (non-hydrogen) atoms. The van der Waals surface area contributed by atoms with Gasteiger partial charge in [0.05, 0.1) is 5.92 Å². The largest absolute Gasteiger partial charge is 0.461 e. The first kappa shape index (κ1) is 15.9. The number of rotatable bonds is 4. The van der Waals surface area contributed by atoms with Crippen molar-refractivity contribution in [2.75, 3.05) is 0 Å². The summed E-state index contributed by atoms with van der Waals surface area (Å²) in [6.45, 7) is 4.28. The van der Waals surface area contributed by atoms with Crippen molar-refractivity contribution in [1.82, 2.24) is 0 Å². The Morgan fingerprint density at radius 3 is 2.65 bits per heavy atom. The van der Waals surface area contributed by atoms with Gasteiger partial charge in [0.25, 0.3) is 0 Å². The second-order valence-corrected chi connectivity index (χ2v) is 7.34. The van der Waals surface area contributed by atoms with Crippen LogP contribution in [0.1, 0.15) is 19.4 Å². The molecule has 0 aliphatic heterocycles. The van der Waals surface area contributed by atoms with Gasteiger partial charge in [0.1, 0.15) is 11.1 Å². The molecule has 0 unspecified atom stereocenters. The van der Waals surface area contributed by atoms with Crippen LogP contribution in [-0.4, -0.2) is 5.97 Å². The third-order valence-electron chi connectivity index (χ3n) is 3.80. The zero-order valence-corrected chi connectivity index (χ0v) is 14.3. The van der Waals surface area contributed by atoms with Gasteiger partial charge in [-0.1, -0.05) is 71.2 Å². The quantitative estimate of drug-likeness (QED) is 0.683. The van der Waals surface area contributed by atoms with Crippen molar-refractivity contribution in [3.63, 3.8) is 0 Å². The Bertz CT molecular complexity index is 551. The third kappa shape index (κ3) is 3.38. The molecule has 1 aromatic carbocycles. The molecule has 1 fully saturated rings. The topological polar surface area (TPSA) is 26.3 Å². The number of esters is 1. The van der Waals surface area contributed by atoms with Crippen LogP contribution in [0, 0.1) is 17.3 Å². The highest BCUT2D eigenvalue weighted by atomic mass is 79.9. The highest BCUT2D eigenvalue weighted by Gasteiger charge is 2.61. The molecule has 1 aromatic rings. The second-order valence-electron chi connectivity index (χ2n) is 5.48. The molecule has 2 atom stereocenters. The number of benzene rings is 1. The van der Waals surface area contributed by atoms with Crippen molar-refractivity contribution in [2.24, 2.45) is 17.3 Å². The minimum atomic E-state index is -0.207. The van der Waals surface area contributed by atoms with E-state index in [0.717, 1.165) is 10.0 Å². The molecule has 1 aliphatic rings. The monoisotopic (exact) mass is 376 g/mol. The fraction of sp³-hybridized carbons (Fsp3) is 0.400. The van der Waals surface area contributed by atoms with Crippen molar-refractivity contribution in [3.05, 3.63) is 44.9 Å². The zero-order chi connectivity index (χ0) is 14.9. The van der Waals surface area contributed by atoms with Crippen LogP contribution in [-0.2, 0) is 16.1 Å². The van der Waals surface area contributed by atoms with Gasteiger partial charge in [-0.05, 0) is 23.5 Å². The predicted molar refractivity (Wildman–Crippen MR) is 84.5 cm³/mol. The summed E-state index contributed by atoms with van der Waals surface area (Å²) in [6, 6.07) is 7.67. The van der Waals surface area contributed by atoms with E-state index in [4.69, 9.17) is 27.9 Å². The minimum absolute atomic E-state index is 0.0409. The van der Waals surface area contributed by atoms with Crippen LogP contribution in [0.5, 0.6) is 0 Å². The van der Waals surface area contributed by atoms with Crippen LogP contribution < -0.4 is 0 Å². The molecule has 0 heterocycles. The molecule has 2 rings (SSSR count). The average Bonchev–Trinajstić information content (AvgIpc) is 2.88. The Kier molecular flexibility index (Phi) is 4.83. The summed E-state index contributed by atoms with van der Waals surface area (Å²) in [5, 5.41) is 0. The van der Waals surface area contributed by atoms with Gasteiger partial charge in [0.15, 0.2) is 0 Å². The fourth-order valence-electron chi connectivity index (χ4n) is 2.43. The summed E-state index contributed by atoms with van der Waals surface area (Å²) in [4.78, 5) is 12.1. The molecule has 0 bridgehead atoms. The first-order chi connectivity index (χ1) is 9.34. The van der Waals surface area contributed by atoms with Gasteiger partial charge in [-0.15, -0.1) is 0 Å². The summed E-state index contributed by atoms with van der Waals surface area (Å²) in [6.07, 6.45) is 1.72. The minimum Gasteiger partial charge on any atom is -0.461 e. The fourth-order valence-corrected chi connectivity index (χ4v) is 3.10. The van der Waals surface area contributed by atoms with Crippen molar-refractivity contribution in [1.29, 1.82) is 0 Å². The van der Waals surface area contributed by atoms with Crippen LogP contribution in [0.3, 0.4) is 0 Å². The highest BCUT2D eigenvalue weighted by molar-refractivity contribution is 9.10. The first-order valence-electron chi connectivity index (χ1n) is 6.27. The smallest absolute Gasteiger partial charge is 0.310 e. The lowest BCUT2D eigenvalue weighted by Gasteiger charge is -2.07. The van der Waals surface area contributed by atoms with E-state index in [1.165, 1.54) is 0 Å².